The van der Waals surface area contributed by atoms with Crippen LogP contribution >= 0.6 is 39.3 Å². The van der Waals surface area contributed by atoms with E-state index >= 15 is 0 Å². The van der Waals surface area contributed by atoms with E-state index in [-0.39, 0.29) is 18.1 Å². The lowest BCUT2D eigenvalue weighted by atomic mass is 10.1. The molecule has 0 spiro atoms. The van der Waals surface area contributed by atoms with Gasteiger partial charge in [0.25, 0.3) is 11.1 Å². The molecule has 0 atom stereocenters. The number of rotatable bonds is 7. The molecule has 10 heteroatoms. The maximum atomic E-state index is 12.9. The summed E-state index contributed by atoms with van der Waals surface area (Å²) in [6, 6.07) is 9.77. The fraction of sp³-hybridized carbons (Fsp3) is 0.190. The van der Waals surface area contributed by atoms with E-state index in [9.17, 15) is 14.4 Å². The zero-order chi connectivity index (χ0) is 22.5. The fourth-order valence-electron chi connectivity index (χ4n) is 2.72. The van der Waals surface area contributed by atoms with Gasteiger partial charge in [-0.15, -0.1) is 0 Å². The lowest BCUT2D eigenvalue weighted by Crippen LogP contribution is -2.27. The van der Waals surface area contributed by atoms with Crippen molar-refractivity contribution in [2.45, 2.75) is 6.92 Å². The number of esters is 1. The van der Waals surface area contributed by atoms with Gasteiger partial charge in [-0.05, 0) is 60.7 Å². The molecule has 0 bridgehead atoms. The molecule has 162 valence electrons. The number of methoxy groups -OCH3 is 1. The van der Waals surface area contributed by atoms with E-state index in [1.54, 1.807) is 49.4 Å². The Morgan fingerprint density at radius 2 is 2.00 bits per heavy atom. The Bertz CT molecular complexity index is 1070. The fourth-order valence-corrected chi connectivity index (χ4v) is 4.17. The standard InChI is InChI=1S/C21H17BrClNO6S/c1-3-29-19(25)11-30-17-10-15(22)12(7-16(17)28-2)8-18-20(26)24(21(27)31-18)14-6-4-5-13(23)9-14/h4-10H,3,11H2,1-2H3/b18-8+. The lowest BCUT2D eigenvalue weighted by Gasteiger charge is -2.13. The van der Waals surface area contributed by atoms with Crippen molar-refractivity contribution in [3.05, 3.63) is 56.4 Å². The van der Waals surface area contributed by atoms with Gasteiger partial charge in [0, 0.05) is 9.50 Å². The number of amides is 2. The number of benzene rings is 2. The molecule has 0 aromatic heterocycles. The molecule has 1 aliphatic rings. The molecule has 1 heterocycles. The molecule has 7 nitrogen and oxygen atoms in total. The molecule has 1 aliphatic heterocycles. The van der Waals surface area contributed by atoms with E-state index in [0.717, 1.165) is 16.7 Å². The first-order valence-electron chi connectivity index (χ1n) is 9.03. The minimum absolute atomic E-state index is 0.243. The SMILES string of the molecule is CCOC(=O)COc1cc(Br)c(/C=C2/SC(=O)N(c3cccc(Cl)c3)C2=O)cc1OC. The van der Waals surface area contributed by atoms with Gasteiger partial charge in [-0.3, -0.25) is 9.59 Å². The van der Waals surface area contributed by atoms with Crippen LogP contribution in [-0.4, -0.2) is 37.4 Å². The van der Waals surface area contributed by atoms with Crippen molar-refractivity contribution in [1.82, 2.24) is 0 Å². The highest BCUT2D eigenvalue weighted by Crippen LogP contribution is 2.39. The third kappa shape index (κ3) is 5.41. The number of anilines is 1. The highest BCUT2D eigenvalue weighted by molar-refractivity contribution is 9.10. The second-order valence-corrected chi connectivity index (χ2v) is 8.40. The van der Waals surface area contributed by atoms with Gasteiger partial charge >= 0.3 is 5.97 Å². The van der Waals surface area contributed by atoms with Crippen LogP contribution < -0.4 is 14.4 Å². The Labute approximate surface area is 196 Å². The number of thioether (sulfide) groups is 1. The minimum atomic E-state index is -0.501. The number of hydrogen-bond acceptors (Lipinski definition) is 7. The van der Waals surface area contributed by atoms with Crippen LogP contribution in [0.5, 0.6) is 11.5 Å². The van der Waals surface area contributed by atoms with Gasteiger partial charge in [0.2, 0.25) is 0 Å². The Morgan fingerprint density at radius 3 is 2.68 bits per heavy atom. The molecule has 0 aliphatic carbocycles. The molecule has 3 rings (SSSR count). The summed E-state index contributed by atoms with van der Waals surface area (Å²) in [4.78, 5) is 38.2. The summed E-state index contributed by atoms with van der Waals surface area (Å²) in [6.45, 7) is 1.69. The average Bonchev–Trinajstić information content (AvgIpc) is 3.01. The van der Waals surface area contributed by atoms with Crippen molar-refractivity contribution >= 4 is 68.2 Å². The first-order chi connectivity index (χ1) is 14.8. The quantitative estimate of drug-likeness (QED) is 0.358. The molecule has 0 N–H and O–H groups in total. The number of imide groups is 1. The predicted octanol–water partition coefficient (Wildman–Crippen LogP) is 5.29. The molecule has 1 fully saturated rings. The molecule has 1 saturated heterocycles. The van der Waals surface area contributed by atoms with Crippen molar-refractivity contribution in [3.8, 4) is 11.5 Å². The summed E-state index contributed by atoms with van der Waals surface area (Å²) in [5, 5.41) is 0.00223. The van der Waals surface area contributed by atoms with Gasteiger partial charge in [0.15, 0.2) is 18.1 Å². The minimum Gasteiger partial charge on any atom is -0.493 e. The van der Waals surface area contributed by atoms with E-state index in [4.69, 9.17) is 25.8 Å². The molecular formula is C21H17BrClNO6S. The lowest BCUT2D eigenvalue weighted by molar-refractivity contribution is -0.145. The number of nitrogens with zero attached hydrogens (tertiary/aromatic N) is 1. The highest BCUT2D eigenvalue weighted by atomic mass is 79.9. The van der Waals surface area contributed by atoms with Gasteiger partial charge in [-0.25, -0.2) is 9.69 Å². The van der Waals surface area contributed by atoms with Crippen molar-refractivity contribution in [2.75, 3.05) is 25.2 Å². The van der Waals surface area contributed by atoms with Crippen molar-refractivity contribution in [2.24, 2.45) is 0 Å². The summed E-state index contributed by atoms with van der Waals surface area (Å²) in [5.74, 6) is -0.273. The number of ether oxygens (including phenoxy) is 3. The molecule has 0 radical (unpaired) electrons. The van der Waals surface area contributed by atoms with Crippen LogP contribution in [0.15, 0.2) is 45.8 Å². The average molecular weight is 527 g/mol. The van der Waals surface area contributed by atoms with Gasteiger partial charge in [-0.2, -0.15) is 0 Å². The largest absolute Gasteiger partial charge is 0.493 e. The predicted molar refractivity (Wildman–Crippen MR) is 123 cm³/mol. The van der Waals surface area contributed by atoms with Crippen LogP contribution in [0.3, 0.4) is 0 Å². The third-order valence-electron chi connectivity index (χ3n) is 4.08. The van der Waals surface area contributed by atoms with Gasteiger partial charge in [0.05, 0.1) is 24.3 Å². The molecule has 2 aromatic rings. The number of carbonyl (C=O) groups excluding carboxylic acids is 3. The summed E-state index contributed by atoms with van der Waals surface area (Å²) < 4.78 is 16.2. The monoisotopic (exact) mass is 525 g/mol. The second kappa shape index (κ2) is 10.2. The molecule has 2 amide bonds. The topological polar surface area (TPSA) is 82.1 Å². The normalized spacial score (nSPS) is 14.8. The Morgan fingerprint density at radius 1 is 1.23 bits per heavy atom. The summed E-state index contributed by atoms with van der Waals surface area (Å²) in [7, 11) is 1.46. The van der Waals surface area contributed by atoms with Crippen LogP contribution in [0.1, 0.15) is 12.5 Å². The molecule has 31 heavy (non-hydrogen) atoms. The van der Waals surface area contributed by atoms with Gasteiger partial charge in [-0.1, -0.05) is 33.6 Å². The van der Waals surface area contributed by atoms with Crippen LogP contribution in [0.2, 0.25) is 5.02 Å². The van der Waals surface area contributed by atoms with E-state index < -0.39 is 17.1 Å². The Kier molecular flexibility index (Phi) is 7.64. The number of hydrogen-bond donors (Lipinski definition) is 0. The summed E-state index contributed by atoms with van der Waals surface area (Å²) >= 11 is 10.2. The number of halogens is 2. The van der Waals surface area contributed by atoms with E-state index in [1.807, 2.05) is 0 Å². The van der Waals surface area contributed by atoms with E-state index in [0.29, 0.717) is 32.2 Å². The van der Waals surface area contributed by atoms with Crippen LogP contribution in [-0.2, 0) is 14.3 Å². The first-order valence-corrected chi connectivity index (χ1v) is 11.0. The van der Waals surface area contributed by atoms with E-state index in [2.05, 4.69) is 15.9 Å². The van der Waals surface area contributed by atoms with E-state index in [1.165, 1.54) is 7.11 Å². The maximum Gasteiger partial charge on any atom is 0.344 e. The van der Waals surface area contributed by atoms with Crippen molar-refractivity contribution in [3.63, 3.8) is 0 Å². The zero-order valence-corrected chi connectivity index (χ0v) is 19.7. The van der Waals surface area contributed by atoms with Crippen molar-refractivity contribution in [1.29, 1.82) is 0 Å². The van der Waals surface area contributed by atoms with Crippen LogP contribution in [0, 0.1) is 0 Å². The molecular weight excluding hydrogens is 510 g/mol. The Balaban J connectivity index is 1.86. The molecule has 2 aromatic carbocycles. The van der Waals surface area contributed by atoms with Crippen molar-refractivity contribution < 1.29 is 28.6 Å². The third-order valence-corrected chi connectivity index (χ3v) is 5.87. The van der Waals surface area contributed by atoms with Crippen LogP contribution in [0.4, 0.5) is 10.5 Å². The molecule has 0 saturated carbocycles. The smallest absolute Gasteiger partial charge is 0.344 e. The molecule has 0 unspecified atom stereocenters. The summed E-state index contributed by atoms with van der Waals surface area (Å²) in [6.07, 6.45) is 1.58. The zero-order valence-electron chi connectivity index (χ0n) is 16.5. The maximum absolute atomic E-state index is 12.9. The van der Waals surface area contributed by atoms with Crippen LogP contribution in [0.25, 0.3) is 6.08 Å². The first kappa shape index (κ1) is 23.2. The van der Waals surface area contributed by atoms with Gasteiger partial charge in [0.1, 0.15) is 0 Å². The number of carbonyl (C=O) groups is 3. The second-order valence-electron chi connectivity index (χ2n) is 6.12. The summed E-state index contributed by atoms with van der Waals surface area (Å²) in [5.41, 5.74) is 0.995. The Hall–Kier alpha value is -2.49. The van der Waals surface area contributed by atoms with Gasteiger partial charge < -0.3 is 14.2 Å². The highest BCUT2D eigenvalue weighted by Gasteiger charge is 2.36.